The summed E-state index contributed by atoms with van der Waals surface area (Å²) in [4.78, 5) is 0. The van der Waals surface area contributed by atoms with Crippen LogP contribution in [-0.2, 0) is 17.8 Å². The van der Waals surface area contributed by atoms with Crippen LogP contribution < -0.4 is 0 Å². The largest absolute Gasteiger partial charge is 0.367 e. The second-order valence-electron chi connectivity index (χ2n) is 3.79. The zero-order chi connectivity index (χ0) is 10.1. The van der Waals surface area contributed by atoms with Gasteiger partial charge in [-0.1, -0.05) is 30.3 Å². The molecule has 0 bridgehead atoms. The van der Waals surface area contributed by atoms with Crippen LogP contribution in [0.5, 0.6) is 0 Å². The first kappa shape index (κ1) is 8.68. The number of nitrogens with one attached hydrogen (secondary N) is 1. The molecule has 0 amide bonds. The van der Waals surface area contributed by atoms with Gasteiger partial charge in [-0.3, -0.25) is 5.10 Å². The van der Waals surface area contributed by atoms with Crippen molar-refractivity contribution in [3.8, 4) is 0 Å². The van der Waals surface area contributed by atoms with Crippen molar-refractivity contribution in [1.82, 2.24) is 10.2 Å². The molecule has 1 aromatic heterocycles. The Bertz CT molecular complexity index is 450. The molecule has 1 unspecified atom stereocenters. The minimum absolute atomic E-state index is 0.177. The predicted molar refractivity (Wildman–Crippen MR) is 56.3 cm³/mol. The third kappa shape index (κ3) is 1.55. The van der Waals surface area contributed by atoms with Crippen molar-refractivity contribution in [2.45, 2.75) is 19.1 Å². The number of aromatic amines is 1. The summed E-state index contributed by atoms with van der Waals surface area (Å²) < 4.78 is 5.78. The summed E-state index contributed by atoms with van der Waals surface area (Å²) in [5.74, 6) is 0. The van der Waals surface area contributed by atoms with Gasteiger partial charge in [-0.15, -0.1) is 0 Å². The highest BCUT2D eigenvalue weighted by Crippen LogP contribution is 2.28. The molecule has 2 heterocycles. The fourth-order valence-electron chi connectivity index (χ4n) is 1.96. The van der Waals surface area contributed by atoms with Crippen LogP contribution in [-0.4, -0.2) is 10.2 Å². The molecule has 0 spiro atoms. The zero-order valence-corrected chi connectivity index (χ0v) is 8.31. The minimum Gasteiger partial charge on any atom is -0.367 e. The first-order chi connectivity index (χ1) is 7.43. The van der Waals surface area contributed by atoms with E-state index < -0.39 is 0 Å². The molecule has 0 saturated heterocycles. The number of H-pyrrole nitrogens is 1. The van der Waals surface area contributed by atoms with Gasteiger partial charge in [0.05, 0.1) is 24.6 Å². The van der Waals surface area contributed by atoms with Gasteiger partial charge in [-0.05, 0) is 11.1 Å². The molecular weight excluding hydrogens is 188 g/mol. The molecule has 1 aromatic carbocycles. The van der Waals surface area contributed by atoms with E-state index in [0.29, 0.717) is 6.61 Å². The molecule has 15 heavy (non-hydrogen) atoms. The van der Waals surface area contributed by atoms with Crippen molar-refractivity contribution < 1.29 is 4.74 Å². The van der Waals surface area contributed by atoms with E-state index in [0.717, 1.165) is 12.1 Å². The van der Waals surface area contributed by atoms with Crippen molar-refractivity contribution >= 4 is 0 Å². The number of fused-ring (bicyclic) bond motifs is 1. The summed E-state index contributed by atoms with van der Waals surface area (Å²) in [6.45, 7) is 0.634. The van der Waals surface area contributed by atoms with Gasteiger partial charge >= 0.3 is 0 Å². The van der Waals surface area contributed by atoms with E-state index >= 15 is 0 Å². The molecule has 76 valence electrons. The molecule has 1 aliphatic heterocycles. The van der Waals surface area contributed by atoms with Gasteiger partial charge in [0.25, 0.3) is 0 Å². The molecular formula is C12H12N2O. The fraction of sp³-hybridized carbons (Fsp3) is 0.250. The fourth-order valence-corrected chi connectivity index (χ4v) is 1.96. The first-order valence-corrected chi connectivity index (χ1v) is 5.11. The monoisotopic (exact) mass is 200 g/mol. The molecule has 3 rings (SSSR count). The third-order valence-electron chi connectivity index (χ3n) is 2.81. The number of nitrogens with zero attached hydrogens (tertiary/aromatic N) is 1. The van der Waals surface area contributed by atoms with Crippen molar-refractivity contribution in [1.29, 1.82) is 0 Å². The van der Waals surface area contributed by atoms with Gasteiger partial charge < -0.3 is 4.74 Å². The number of aromatic nitrogens is 2. The number of hydrogen-bond acceptors (Lipinski definition) is 2. The quantitative estimate of drug-likeness (QED) is 0.766. The second kappa shape index (κ2) is 3.51. The van der Waals surface area contributed by atoms with E-state index in [1.807, 2.05) is 24.4 Å². The Hall–Kier alpha value is -1.61. The summed E-state index contributed by atoms with van der Waals surface area (Å²) in [6, 6.07) is 10.3. The maximum absolute atomic E-state index is 5.78. The Balaban J connectivity index is 1.88. The summed E-state index contributed by atoms with van der Waals surface area (Å²) in [7, 11) is 0. The molecule has 0 fully saturated rings. The van der Waals surface area contributed by atoms with Crippen molar-refractivity contribution in [3.05, 3.63) is 53.3 Å². The Labute approximate surface area is 88.1 Å². The topological polar surface area (TPSA) is 37.9 Å². The maximum atomic E-state index is 5.78. The molecule has 0 radical (unpaired) electrons. The van der Waals surface area contributed by atoms with Crippen molar-refractivity contribution in [3.63, 3.8) is 0 Å². The first-order valence-electron chi connectivity index (χ1n) is 5.11. The molecule has 2 aromatic rings. The minimum atomic E-state index is 0.177. The van der Waals surface area contributed by atoms with Crippen LogP contribution in [0, 0.1) is 0 Å². The van der Waals surface area contributed by atoms with Crippen LogP contribution in [0.2, 0.25) is 0 Å². The highest BCUT2D eigenvalue weighted by molar-refractivity contribution is 5.25. The number of hydrogen-bond donors (Lipinski definition) is 1. The van der Waals surface area contributed by atoms with E-state index in [2.05, 4.69) is 22.3 Å². The van der Waals surface area contributed by atoms with Crippen LogP contribution >= 0.6 is 0 Å². The lowest BCUT2D eigenvalue weighted by atomic mass is 10.00. The van der Waals surface area contributed by atoms with Gasteiger partial charge in [0.1, 0.15) is 0 Å². The lowest BCUT2D eigenvalue weighted by Gasteiger charge is -2.22. The van der Waals surface area contributed by atoms with Crippen molar-refractivity contribution in [2.24, 2.45) is 0 Å². The highest BCUT2D eigenvalue weighted by Gasteiger charge is 2.21. The molecule has 0 saturated carbocycles. The molecule has 1 atom stereocenters. The van der Waals surface area contributed by atoms with Crippen molar-refractivity contribution in [2.75, 3.05) is 0 Å². The second-order valence-corrected chi connectivity index (χ2v) is 3.79. The maximum Gasteiger partial charge on any atom is 0.0893 e. The molecule has 1 N–H and O–H groups in total. The third-order valence-corrected chi connectivity index (χ3v) is 2.81. The smallest absolute Gasteiger partial charge is 0.0893 e. The van der Waals surface area contributed by atoms with Gasteiger partial charge in [0.2, 0.25) is 0 Å². The molecule has 0 aliphatic carbocycles. The van der Waals surface area contributed by atoms with E-state index in [1.54, 1.807) is 0 Å². The van der Waals surface area contributed by atoms with E-state index in [1.165, 1.54) is 11.1 Å². The van der Waals surface area contributed by atoms with E-state index in [-0.39, 0.29) is 6.10 Å². The number of benzene rings is 1. The molecule has 3 nitrogen and oxygen atoms in total. The summed E-state index contributed by atoms with van der Waals surface area (Å²) in [5, 5.41) is 6.98. The summed E-state index contributed by atoms with van der Waals surface area (Å²) >= 11 is 0. The van der Waals surface area contributed by atoms with E-state index in [4.69, 9.17) is 4.74 Å². The lowest BCUT2D eigenvalue weighted by Crippen LogP contribution is -2.14. The Morgan fingerprint density at radius 2 is 2.13 bits per heavy atom. The number of rotatable bonds is 1. The Morgan fingerprint density at radius 1 is 1.27 bits per heavy atom. The molecule has 1 aliphatic rings. The summed E-state index contributed by atoms with van der Waals surface area (Å²) in [6.07, 6.45) is 2.99. The lowest BCUT2D eigenvalue weighted by molar-refractivity contribution is 0.0256. The zero-order valence-electron chi connectivity index (χ0n) is 8.31. The Kier molecular flexibility index (Phi) is 2.03. The van der Waals surface area contributed by atoms with Crippen LogP contribution in [0.1, 0.15) is 22.9 Å². The standard InChI is InChI=1S/C12H12N2O/c1-2-4-9(5-3-1)12-6-10-7-13-14-11(10)8-15-12/h1-5,7,12H,6,8H2,(H,13,14). The van der Waals surface area contributed by atoms with Gasteiger partial charge in [0.15, 0.2) is 0 Å². The Morgan fingerprint density at radius 3 is 3.00 bits per heavy atom. The van der Waals surface area contributed by atoms with Crippen LogP contribution in [0.15, 0.2) is 36.5 Å². The van der Waals surface area contributed by atoms with Crippen LogP contribution in [0.25, 0.3) is 0 Å². The average molecular weight is 200 g/mol. The molecule has 3 heteroatoms. The summed E-state index contributed by atoms with van der Waals surface area (Å²) in [5.41, 5.74) is 3.63. The van der Waals surface area contributed by atoms with Crippen LogP contribution in [0.3, 0.4) is 0 Å². The predicted octanol–water partition coefficient (Wildman–Crippen LogP) is 2.22. The van der Waals surface area contributed by atoms with Crippen LogP contribution in [0.4, 0.5) is 0 Å². The SMILES string of the molecule is c1ccc(C2Cc3cn[nH]c3CO2)cc1. The van der Waals surface area contributed by atoms with Gasteiger partial charge in [-0.2, -0.15) is 5.10 Å². The van der Waals surface area contributed by atoms with E-state index in [9.17, 15) is 0 Å². The average Bonchev–Trinajstić information content (AvgIpc) is 2.77. The normalized spacial score (nSPS) is 19.9. The van der Waals surface area contributed by atoms with Gasteiger partial charge in [0, 0.05) is 6.42 Å². The number of ether oxygens (including phenoxy) is 1. The highest BCUT2D eigenvalue weighted by atomic mass is 16.5. The van der Waals surface area contributed by atoms with Gasteiger partial charge in [-0.25, -0.2) is 0 Å².